The maximum atomic E-state index is 8.98. The normalized spacial score (nSPS) is 15.0. The molecule has 3 aromatic carbocycles. The van der Waals surface area contributed by atoms with Gasteiger partial charge in [0.2, 0.25) is 5.88 Å². The molecule has 5 nitrogen and oxygen atoms in total. The minimum Gasteiger partial charge on any atom is -0.438 e. The Labute approximate surface area is 175 Å². The van der Waals surface area contributed by atoms with Gasteiger partial charge >= 0.3 is 0 Å². The molecular weight excluding hydrogens is 372 g/mol. The number of nitrogens with zero attached hydrogens (tertiary/aromatic N) is 3. The molecule has 1 aliphatic heterocycles. The smallest absolute Gasteiger partial charge is 0.228 e. The standard InChI is InChI=1S/C25H24N4O/c1-28(2)14-15-29-16-27-25-22(24(29)26)21(18-9-4-3-5-10-18)20-13-12-17-8-6-7-11-19(17)23(20)30-25/h3-13,16,21,26H,14-15H2,1-2H3/t21-/m0/s1. The van der Waals surface area contributed by atoms with Gasteiger partial charge in [-0.05, 0) is 25.0 Å². The van der Waals surface area contributed by atoms with Crippen LogP contribution in [0.25, 0.3) is 10.8 Å². The van der Waals surface area contributed by atoms with E-state index >= 15 is 0 Å². The van der Waals surface area contributed by atoms with Crippen molar-refractivity contribution in [1.29, 1.82) is 5.41 Å². The molecule has 0 saturated heterocycles. The fourth-order valence-corrected chi connectivity index (χ4v) is 4.17. The molecular formula is C25H24N4O. The van der Waals surface area contributed by atoms with E-state index in [1.807, 2.05) is 49.0 Å². The Morgan fingerprint density at radius 2 is 1.77 bits per heavy atom. The number of fused-ring (bicyclic) bond motifs is 4. The number of likely N-dealkylation sites (N-methyl/N-ethyl adjacent to an activating group) is 1. The first-order chi connectivity index (χ1) is 14.6. The van der Waals surface area contributed by atoms with Crippen LogP contribution in [0, 0.1) is 5.41 Å². The second kappa shape index (κ2) is 7.43. The van der Waals surface area contributed by atoms with Crippen LogP contribution in [0.2, 0.25) is 0 Å². The van der Waals surface area contributed by atoms with Crippen molar-refractivity contribution < 1.29 is 4.74 Å². The molecule has 0 spiro atoms. The third-order valence-electron chi connectivity index (χ3n) is 5.72. The highest BCUT2D eigenvalue weighted by Gasteiger charge is 2.32. The van der Waals surface area contributed by atoms with Crippen molar-refractivity contribution in [1.82, 2.24) is 14.5 Å². The third-order valence-corrected chi connectivity index (χ3v) is 5.72. The van der Waals surface area contributed by atoms with Crippen LogP contribution in [0.1, 0.15) is 22.6 Å². The average molecular weight is 396 g/mol. The van der Waals surface area contributed by atoms with Crippen LogP contribution in [-0.2, 0) is 6.54 Å². The zero-order chi connectivity index (χ0) is 20.7. The van der Waals surface area contributed by atoms with Crippen LogP contribution in [0.3, 0.4) is 0 Å². The van der Waals surface area contributed by atoms with Gasteiger partial charge in [0.15, 0.2) is 0 Å². The SMILES string of the molecule is CN(C)CCn1cnc2c(c1=N)[C@@H](c1ccccc1)c1ccc3ccccc3c1O2. The van der Waals surface area contributed by atoms with Crippen molar-refractivity contribution in [3.63, 3.8) is 0 Å². The molecule has 1 aliphatic rings. The molecule has 0 radical (unpaired) electrons. The summed E-state index contributed by atoms with van der Waals surface area (Å²) in [4.78, 5) is 6.75. The molecule has 0 unspecified atom stereocenters. The largest absolute Gasteiger partial charge is 0.438 e. The topological polar surface area (TPSA) is 54.1 Å². The summed E-state index contributed by atoms with van der Waals surface area (Å²) in [5, 5.41) is 11.2. The molecule has 1 atom stereocenters. The van der Waals surface area contributed by atoms with Crippen LogP contribution < -0.4 is 10.2 Å². The van der Waals surface area contributed by atoms with Gasteiger partial charge in [-0.2, -0.15) is 0 Å². The summed E-state index contributed by atoms with van der Waals surface area (Å²) in [5.74, 6) is 1.27. The van der Waals surface area contributed by atoms with Crippen LogP contribution in [-0.4, -0.2) is 35.1 Å². The molecule has 0 amide bonds. The number of rotatable bonds is 4. The summed E-state index contributed by atoms with van der Waals surface area (Å²) < 4.78 is 8.26. The predicted molar refractivity (Wildman–Crippen MR) is 118 cm³/mol. The van der Waals surface area contributed by atoms with Crippen molar-refractivity contribution in [2.45, 2.75) is 12.5 Å². The zero-order valence-electron chi connectivity index (χ0n) is 17.2. The number of ether oxygens (including phenoxy) is 1. The number of hydrogen-bond acceptors (Lipinski definition) is 4. The second-order valence-electron chi connectivity index (χ2n) is 7.96. The van der Waals surface area contributed by atoms with Crippen molar-refractivity contribution in [2.24, 2.45) is 0 Å². The highest BCUT2D eigenvalue weighted by atomic mass is 16.5. The predicted octanol–water partition coefficient (Wildman–Crippen LogP) is 4.36. The van der Waals surface area contributed by atoms with Crippen molar-refractivity contribution in [3.8, 4) is 11.6 Å². The lowest BCUT2D eigenvalue weighted by molar-refractivity contribution is 0.371. The fraction of sp³-hybridized carbons (Fsp3) is 0.200. The fourth-order valence-electron chi connectivity index (χ4n) is 4.17. The van der Waals surface area contributed by atoms with Gasteiger partial charge in [-0.25, -0.2) is 4.98 Å². The minimum absolute atomic E-state index is 0.0960. The first kappa shape index (κ1) is 18.6. The molecule has 0 fully saturated rings. The summed E-state index contributed by atoms with van der Waals surface area (Å²) in [7, 11) is 4.07. The molecule has 150 valence electrons. The Balaban J connectivity index is 1.75. The molecule has 5 heteroatoms. The van der Waals surface area contributed by atoms with Crippen LogP contribution in [0.5, 0.6) is 11.6 Å². The molecule has 30 heavy (non-hydrogen) atoms. The van der Waals surface area contributed by atoms with Crippen molar-refractivity contribution >= 4 is 10.8 Å². The third kappa shape index (κ3) is 3.08. The lowest BCUT2D eigenvalue weighted by Gasteiger charge is -2.29. The quantitative estimate of drug-likeness (QED) is 0.491. The number of benzene rings is 3. The summed E-state index contributed by atoms with van der Waals surface area (Å²) in [6.07, 6.45) is 1.73. The highest BCUT2D eigenvalue weighted by Crippen LogP contribution is 2.47. The maximum Gasteiger partial charge on any atom is 0.228 e. The van der Waals surface area contributed by atoms with E-state index in [1.54, 1.807) is 6.33 Å². The van der Waals surface area contributed by atoms with Gasteiger partial charge in [0.05, 0.1) is 5.56 Å². The Hall–Kier alpha value is -3.44. The highest BCUT2D eigenvalue weighted by molar-refractivity contribution is 5.91. The van der Waals surface area contributed by atoms with Crippen LogP contribution in [0.4, 0.5) is 0 Å². The maximum absolute atomic E-state index is 8.98. The summed E-state index contributed by atoms with van der Waals surface area (Å²) in [6.45, 7) is 1.55. The van der Waals surface area contributed by atoms with E-state index in [1.165, 1.54) is 0 Å². The molecule has 0 bridgehead atoms. The summed E-state index contributed by atoms with van der Waals surface area (Å²) >= 11 is 0. The van der Waals surface area contributed by atoms with Gasteiger partial charge in [0.25, 0.3) is 0 Å². The molecule has 5 rings (SSSR count). The Morgan fingerprint density at radius 1 is 1.00 bits per heavy atom. The molecule has 0 aliphatic carbocycles. The van der Waals surface area contributed by atoms with Crippen molar-refractivity contribution in [3.05, 3.63) is 95.2 Å². The lowest BCUT2D eigenvalue weighted by atomic mass is 9.83. The first-order valence-corrected chi connectivity index (χ1v) is 10.2. The zero-order valence-corrected chi connectivity index (χ0v) is 17.2. The molecule has 1 aromatic heterocycles. The van der Waals surface area contributed by atoms with Gasteiger partial charge in [-0.3, -0.25) is 5.41 Å². The molecule has 1 N–H and O–H groups in total. The lowest BCUT2D eigenvalue weighted by Crippen LogP contribution is -2.32. The molecule has 4 aromatic rings. The van der Waals surface area contributed by atoms with Gasteiger partial charge in [0, 0.05) is 30.0 Å². The van der Waals surface area contributed by atoms with Crippen LogP contribution in [0.15, 0.2) is 73.1 Å². The Kier molecular flexibility index (Phi) is 4.60. The monoisotopic (exact) mass is 396 g/mol. The number of hydrogen-bond donors (Lipinski definition) is 1. The van der Waals surface area contributed by atoms with E-state index in [0.29, 0.717) is 17.9 Å². The number of aromatic nitrogens is 2. The average Bonchev–Trinajstić information content (AvgIpc) is 2.77. The summed E-state index contributed by atoms with van der Waals surface area (Å²) in [5.41, 5.74) is 3.49. The minimum atomic E-state index is -0.0960. The van der Waals surface area contributed by atoms with E-state index in [9.17, 15) is 0 Å². The van der Waals surface area contributed by atoms with Gasteiger partial charge in [-0.15, -0.1) is 0 Å². The summed E-state index contributed by atoms with van der Waals surface area (Å²) in [6, 6.07) is 22.9. The van der Waals surface area contributed by atoms with Crippen LogP contribution >= 0.6 is 0 Å². The Morgan fingerprint density at radius 3 is 2.57 bits per heavy atom. The molecule has 2 heterocycles. The number of nitrogens with one attached hydrogen (secondary N) is 1. The van der Waals surface area contributed by atoms with E-state index in [0.717, 1.165) is 39.8 Å². The van der Waals surface area contributed by atoms with E-state index in [-0.39, 0.29) is 5.92 Å². The molecule has 0 saturated carbocycles. The van der Waals surface area contributed by atoms with Gasteiger partial charge in [0.1, 0.15) is 17.6 Å². The first-order valence-electron chi connectivity index (χ1n) is 10.2. The van der Waals surface area contributed by atoms with Gasteiger partial charge in [-0.1, -0.05) is 66.7 Å². The van der Waals surface area contributed by atoms with Crippen molar-refractivity contribution in [2.75, 3.05) is 20.6 Å². The Bertz CT molecular complexity index is 1280. The van der Waals surface area contributed by atoms with E-state index < -0.39 is 0 Å². The van der Waals surface area contributed by atoms with Gasteiger partial charge < -0.3 is 14.2 Å². The van der Waals surface area contributed by atoms with E-state index in [2.05, 4.69) is 46.3 Å². The van der Waals surface area contributed by atoms with E-state index in [4.69, 9.17) is 10.1 Å². The second-order valence-corrected chi connectivity index (χ2v) is 7.96.